The maximum atomic E-state index is 11.6. The van der Waals surface area contributed by atoms with E-state index in [0.29, 0.717) is 15.2 Å². The molecule has 0 saturated heterocycles. The van der Waals surface area contributed by atoms with Gasteiger partial charge in [0.2, 0.25) is 5.91 Å². The van der Waals surface area contributed by atoms with Crippen molar-refractivity contribution in [2.24, 2.45) is 5.92 Å². The summed E-state index contributed by atoms with van der Waals surface area (Å²) >= 11 is 13.4. The van der Waals surface area contributed by atoms with E-state index < -0.39 is 0 Å². The van der Waals surface area contributed by atoms with Gasteiger partial charge in [0.25, 0.3) is 0 Å². The zero-order chi connectivity index (χ0) is 14.1. The quantitative estimate of drug-likeness (QED) is 0.905. The Morgan fingerprint density at radius 3 is 2.85 bits per heavy atom. The number of nitrogens with zero attached hydrogens (tertiary/aromatic N) is 1. The van der Waals surface area contributed by atoms with Crippen molar-refractivity contribution in [1.29, 1.82) is 0 Å². The van der Waals surface area contributed by atoms with Gasteiger partial charge in [0.15, 0.2) is 5.13 Å². The number of rotatable bonds is 4. The van der Waals surface area contributed by atoms with Crippen molar-refractivity contribution < 1.29 is 4.79 Å². The van der Waals surface area contributed by atoms with Gasteiger partial charge in [-0.1, -0.05) is 29.3 Å². The van der Waals surface area contributed by atoms with E-state index in [0.717, 1.165) is 29.7 Å². The number of halogens is 2. The van der Waals surface area contributed by atoms with Gasteiger partial charge in [-0.05, 0) is 30.5 Å². The predicted molar refractivity (Wildman–Crippen MR) is 82.7 cm³/mol. The molecule has 3 rings (SSSR count). The molecule has 0 radical (unpaired) electrons. The second-order valence-electron chi connectivity index (χ2n) is 4.82. The van der Waals surface area contributed by atoms with Crippen LogP contribution in [-0.2, 0) is 11.2 Å². The van der Waals surface area contributed by atoms with Crippen molar-refractivity contribution in [3.05, 3.63) is 44.9 Å². The lowest BCUT2D eigenvalue weighted by molar-refractivity contribution is -0.117. The van der Waals surface area contributed by atoms with Gasteiger partial charge in [0.05, 0.1) is 10.0 Å². The normalized spacial score (nSPS) is 14.3. The van der Waals surface area contributed by atoms with Gasteiger partial charge in [-0.2, -0.15) is 0 Å². The van der Waals surface area contributed by atoms with Crippen LogP contribution < -0.4 is 5.32 Å². The number of benzene rings is 1. The fourth-order valence-corrected chi connectivity index (χ4v) is 3.02. The van der Waals surface area contributed by atoms with Crippen LogP contribution in [0.2, 0.25) is 10.0 Å². The molecule has 104 valence electrons. The average molecular weight is 327 g/mol. The van der Waals surface area contributed by atoms with Gasteiger partial charge in [-0.25, -0.2) is 4.98 Å². The Bertz CT molecular complexity index is 652. The van der Waals surface area contributed by atoms with Crippen molar-refractivity contribution in [3.63, 3.8) is 0 Å². The summed E-state index contributed by atoms with van der Waals surface area (Å²) in [6.07, 6.45) is 4.50. The Morgan fingerprint density at radius 2 is 2.15 bits per heavy atom. The molecule has 6 heteroatoms. The average Bonchev–Trinajstić information content (AvgIpc) is 3.18. The smallest absolute Gasteiger partial charge is 0.229 e. The Kier molecular flexibility index (Phi) is 3.96. The highest BCUT2D eigenvalue weighted by molar-refractivity contribution is 7.15. The third-order valence-corrected chi connectivity index (χ3v) is 4.75. The van der Waals surface area contributed by atoms with Crippen LogP contribution in [0, 0.1) is 5.92 Å². The Hall–Kier alpha value is -1.10. The molecular formula is C14H12Cl2N2OS. The fourth-order valence-electron chi connectivity index (χ4n) is 1.85. The van der Waals surface area contributed by atoms with Gasteiger partial charge in [-0.15, -0.1) is 11.3 Å². The molecule has 3 nitrogen and oxygen atoms in total. The predicted octanol–water partition coefficient (Wildman–Crippen LogP) is 4.39. The second-order valence-corrected chi connectivity index (χ2v) is 6.75. The monoisotopic (exact) mass is 326 g/mol. The summed E-state index contributed by atoms with van der Waals surface area (Å²) in [5.41, 5.74) is 1.07. The minimum Gasteiger partial charge on any atom is -0.302 e. The number of carbonyl (C=O) groups is 1. The topological polar surface area (TPSA) is 42.0 Å². The van der Waals surface area contributed by atoms with E-state index in [1.54, 1.807) is 12.3 Å². The van der Waals surface area contributed by atoms with E-state index in [-0.39, 0.29) is 11.8 Å². The molecule has 1 N–H and O–H groups in total. The fraction of sp³-hybridized carbons (Fsp3) is 0.286. The van der Waals surface area contributed by atoms with Crippen molar-refractivity contribution in [1.82, 2.24) is 4.98 Å². The van der Waals surface area contributed by atoms with Crippen LogP contribution in [0.15, 0.2) is 24.4 Å². The largest absolute Gasteiger partial charge is 0.302 e. The number of aromatic nitrogens is 1. The summed E-state index contributed by atoms with van der Waals surface area (Å²) < 4.78 is 0. The first-order valence-electron chi connectivity index (χ1n) is 6.31. The highest BCUT2D eigenvalue weighted by atomic mass is 35.5. The summed E-state index contributed by atoms with van der Waals surface area (Å²) in [6.45, 7) is 0. The number of nitrogens with one attached hydrogen (secondary N) is 1. The molecule has 1 fully saturated rings. The third-order valence-electron chi connectivity index (χ3n) is 3.09. The summed E-state index contributed by atoms with van der Waals surface area (Å²) in [7, 11) is 0. The molecule has 1 amide bonds. The van der Waals surface area contributed by atoms with Crippen molar-refractivity contribution >= 4 is 45.6 Å². The Balaban J connectivity index is 1.66. The molecule has 1 aromatic heterocycles. The lowest BCUT2D eigenvalue weighted by atomic mass is 10.1. The maximum absolute atomic E-state index is 11.6. The molecule has 1 aliphatic rings. The van der Waals surface area contributed by atoms with E-state index >= 15 is 0 Å². The van der Waals surface area contributed by atoms with E-state index in [1.807, 2.05) is 12.1 Å². The first-order valence-corrected chi connectivity index (χ1v) is 7.88. The van der Waals surface area contributed by atoms with E-state index in [1.165, 1.54) is 11.3 Å². The second kappa shape index (κ2) is 5.72. The summed E-state index contributed by atoms with van der Waals surface area (Å²) in [6, 6.07) is 5.58. The molecule has 2 aromatic rings. The maximum Gasteiger partial charge on any atom is 0.229 e. The highest BCUT2D eigenvalue weighted by Gasteiger charge is 2.30. The molecule has 20 heavy (non-hydrogen) atoms. The van der Waals surface area contributed by atoms with Gasteiger partial charge in [-0.3, -0.25) is 4.79 Å². The molecule has 1 heterocycles. The SMILES string of the molecule is O=C(Nc1ncc(Cc2ccc(Cl)c(Cl)c2)s1)C1CC1. The summed E-state index contributed by atoms with van der Waals surface area (Å²) in [4.78, 5) is 17.0. The molecule has 0 spiro atoms. The minimum atomic E-state index is 0.0837. The molecule has 0 bridgehead atoms. The molecular weight excluding hydrogens is 315 g/mol. The van der Waals surface area contributed by atoms with E-state index in [4.69, 9.17) is 23.2 Å². The zero-order valence-corrected chi connectivity index (χ0v) is 12.9. The molecule has 1 aliphatic carbocycles. The number of hydrogen-bond acceptors (Lipinski definition) is 3. The van der Waals surface area contributed by atoms with Crippen molar-refractivity contribution in [3.8, 4) is 0 Å². The first kappa shape index (κ1) is 13.9. The summed E-state index contributed by atoms with van der Waals surface area (Å²) in [5.74, 6) is 0.276. The first-order chi connectivity index (χ1) is 9.61. The molecule has 1 saturated carbocycles. The van der Waals surface area contributed by atoms with E-state index in [9.17, 15) is 4.79 Å². The molecule has 0 unspecified atom stereocenters. The minimum absolute atomic E-state index is 0.0837. The van der Waals surface area contributed by atoms with Crippen LogP contribution in [-0.4, -0.2) is 10.9 Å². The van der Waals surface area contributed by atoms with Gasteiger partial charge < -0.3 is 5.32 Å². The highest BCUT2D eigenvalue weighted by Crippen LogP contribution is 2.31. The lowest BCUT2D eigenvalue weighted by Crippen LogP contribution is -2.12. The number of carbonyl (C=O) groups excluding carboxylic acids is 1. The standard InChI is InChI=1S/C14H12Cl2N2OS/c15-11-4-1-8(6-12(11)16)5-10-7-17-14(20-10)18-13(19)9-2-3-9/h1,4,6-7,9H,2-3,5H2,(H,17,18,19). The van der Waals surface area contributed by atoms with Gasteiger partial charge in [0.1, 0.15) is 0 Å². The number of amides is 1. The lowest BCUT2D eigenvalue weighted by Gasteiger charge is -2.01. The van der Waals surface area contributed by atoms with Crippen LogP contribution in [0.3, 0.4) is 0 Å². The Morgan fingerprint density at radius 1 is 1.35 bits per heavy atom. The van der Waals surface area contributed by atoms with Crippen LogP contribution >= 0.6 is 34.5 Å². The molecule has 0 atom stereocenters. The molecule has 0 aliphatic heterocycles. The van der Waals surface area contributed by atoms with Gasteiger partial charge >= 0.3 is 0 Å². The van der Waals surface area contributed by atoms with Crippen LogP contribution in [0.4, 0.5) is 5.13 Å². The molecule has 1 aromatic carbocycles. The van der Waals surface area contributed by atoms with E-state index in [2.05, 4.69) is 10.3 Å². The van der Waals surface area contributed by atoms with Crippen LogP contribution in [0.1, 0.15) is 23.3 Å². The van der Waals surface area contributed by atoms with Crippen molar-refractivity contribution in [2.45, 2.75) is 19.3 Å². The zero-order valence-electron chi connectivity index (χ0n) is 10.5. The van der Waals surface area contributed by atoms with Crippen molar-refractivity contribution in [2.75, 3.05) is 5.32 Å². The van der Waals surface area contributed by atoms with Crippen LogP contribution in [0.25, 0.3) is 0 Å². The number of hydrogen-bond donors (Lipinski definition) is 1. The number of anilines is 1. The van der Waals surface area contributed by atoms with Gasteiger partial charge in [0, 0.05) is 23.4 Å². The van der Waals surface area contributed by atoms with Crippen LogP contribution in [0.5, 0.6) is 0 Å². The summed E-state index contributed by atoms with van der Waals surface area (Å²) in [5, 5.41) is 4.62. The number of thiazole rings is 1. The Labute approximate surface area is 130 Å². The third kappa shape index (κ3) is 3.32.